The highest BCUT2D eigenvalue weighted by Crippen LogP contribution is 2.28. The minimum absolute atomic E-state index is 0. The number of rotatable bonds is 7. The summed E-state index contributed by atoms with van der Waals surface area (Å²) in [7, 11) is 0. The van der Waals surface area contributed by atoms with Gasteiger partial charge in [-0.3, -0.25) is 4.79 Å². The van der Waals surface area contributed by atoms with Crippen molar-refractivity contribution >= 4 is 35.5 Å². The van der Waals surface area contributed by atoms with Gasteiger partial charge in [0.05, 0.1) is 6.26 Å². The van der Waals surface area contributed by atoms with Gasteiger partial charge in [-0.1, -0.05) is 13.3 Å². The maximum Gasteiger partial charge on any atom is 0.214 e. The van der Waals surface area contributed by atoms with Gasteiger partial charge in [0.15, 0.2) is 0 Å². The van der Waals surface area contributed by atoms with Gasteiger partial charge in [0.2, 0.25) is 6.41 Å². The van der Waals surface area contributed by atoms with Crippen LogP contribution in [-0.4, -0.2) is 19.0 Å². The average Bonchev–Trinajstić information content (AvgIpc) is 2.87. The smallest absolute Gasteiger partial charge is 0.214 e. The summed E-state index contributed by atoms with van der Waals surface area (Å²) in [5.41, 5.74) is 8.74. The Hall–Kier alpha value is -1.52. The predicted octanol–water partition coefficient (Wildman–Crippen LogP) is 3.51. The summed E-state index contributed by atoms with van der Waals surface area (Å²) in [5.74, 6) is 0. The quantitative estimate of drug-likeness (QED) is 0.796. The van der Waals surface area contributed by atoms with Crippen molar-refractivity contribution in [2.24, 2.45) is 5.73 Å². The molecule has 1 heterocycles. The lowest BCUT2D eigenvalue weighted by molar-refractivity contribution is -0.107. The number of benzene rings is 1. The molecule has 1 amide bonds. The van der Waals surface area contributed by atoms with E-state index in [4.69, 9.17) is 10.2 Å². The highest BCUT2D eigenvalue weighted by atomic mass is 35.5. The molecule has 2 N–H and O–H groups in total. The standard InChI is InChI=1S/C16H22N2O2.ClH/c1-3-4-6-18(11-19)15-9-13-5-7-20-16(13)14(10-15)8-12(2)17;/h5,7,9-12H,3-4,6,8,17H2,1-2H3;1H. The lowest BCUT2D eigenvalue weighted by atomic mass is 10.0. The van der Waals surface area contributed by atoms with Crippen molar-refractivity contribution in [3.63, 3.8) is 0 Å². The zero-order valence-corrected chi connectivity index (χ0v) is 13.4. The van der Waals surface area contributed by atoms with E-state index in [0.29, 0.717) is 0 Å². The van der Waals surface area contributed by atoms with Crippen LogP contribution < -0.4 is 10.6 Å². The summed E-state index contributed by atoms with van der Waals surface area (Å²) in [4.78, 5) is 13.0. The number of hydrogen-bond donors (Lipinski definition) is 1. The molecule has 0 aliphatic carbocycles. The molecule has 2 rings (SSSR count). The van der Waals surface area contributed by atoms with E-state index >= 15 is 0 Å². The molecule has 0 saturated heterocycles. The number of anilines is 1. The molecular weight excluding hydrogens is 288 g/mol. The van der Waals surface area contributed by atoms with Crippen molar-refractivity contribution < 1.29 is 9.21 Å². The molecule has 0 aliphatic rings. The van der Waals surface area contributed by atoms with Crippen molar-refractivity contribution in [3.8, 4) is 0 Å². The molecule has 2 aromatic rings. The van der Waals surface area contributed by atoms with Crippen LogP contribution in [0, 0.1) is 0 Å². The fraction of sp³-hybridized carbons (Fsp3) is 0.438. The zero-order valence-electron chi connectivity index (χ0n) is 12.5. The van der Waals surface area contributed by atoms with E-state index in [9.17, 15) is 4.79 Å². The molecule has 0 bridgehead atoms. The van der Waals surface area contributed by atoms with E-state index in [1.165, 1.54) is 0 Å². The van der Waals surface area contributed by atoms with Gasteiger partial charge in [-0.25, -0.2) is 0 Å². The van der Waals surface area contributed by atoms with Crippen molar-refractivity contribution in [3.05, 3.63) is 30.0 Å². The third-order valence-corrected chi connectivity index (χ3v) is 3.37. The number of hydrogen-bond acceptors (Lipinski definition) is 3. The highest BCUT2D eigenvalue weighted by molar-refractivity contribution is 5.88. The first-order valence-electron chi connectivity index (χ1n) is 7.13. The van der Waals surface area contributed by atoms with Crippen molar-refractivity contribution in [1.29, 1.82) is 0 Å². The van der Waals surface area contributed by atoms with E-state index in [1.54, 1.807) is 11.2 Å². The molecule has 1 aromatic carbocycles. The number of unbranched alkanes of at least 4 members (excludes halogenated alkanes) is 1. The molecular formula is C16H23ClN2O2. The fourth-order valence-electron chi connectivity index (χ4n) is 2.37. The van der Waals surface area contributed by atoms with Crippen LogP contribution in [0.2, 0.25) is 0 Å². The second-order valence-electron chi connectivity index (χ2n) is 5.28. The van der Waals surface area contributed by atoms with E-state index in [0.717, 1.165) is 54.4 Å². The Labute approximate surface area is 131 Å². The highest BCUT2D eigenvalue weighted by Gasteiger charge is 2.12. The third-order valence-electron chi connectivity index (χ3n) is 3.37. The van der Waals surface area contributed by atoms with Gasteiger partial charge < -0.3 is 15.1 Å². The van der Waals surface area contributed by atoms with Crippen LogP contribution in [0.15, 0.2) is 28.9 Å². The number of halogens is 1. The summed E-state index contributed by atoms with van der Waals surface area (Å²) >= 11 is 0. The van der Waals surface area contributed by atoms with E-state index in [2.05, 4.69) is 6.92 Å². The second-order valence-corrected chi connectivity index (χ2v) is 5.28. The first kappa shape index (κ1) is 17.5. The van der Waals surface area contributed by atoms with Crippen molar-refractivity contribution in [2.45, 2.75) is 39.2 Å². The first-order chi connectivity index (χ1) is 9.65. The summed E-state index contributed by atoms with van der Waals surface area (Å²) in [6, 6.07) is 5.98. The predicted molar refractivity (Wildman–Crippen MR) is 89.1 cm³/mol. The molecule has 116 valence electrons. The Morgan fingerprint density at radius 1 is 1.43 bits per heavy atom. The summed E-state index contributed by atoms with van der Waals surface area (Å²) < 4.78 is 5.54. The Morgan fingerprint density at radius 3 is 2.81 bits per heavy atom. The molecule has 1 aromatic heterocycles. The SMILES string of the molecule is CCCCN(C=O)c1cc(CC(C)N)c2occc2c1.Cl. The number of nitrogens with two attached hydrogens (primary N) is 1. The van der Waals surface area contributed by atoms with Gasteiger partial charge in [-0.2, -0.15) is 0 Å². The van der Waals surface area contributed by atoms with Gasteiger partial charge in [0, 0.05) is 23.7 Å². The van der Waals surface area contributed by atoms with Crippen molar-refractivity contribution in [1.82, 2.24) is 0 Å². The molecule has 0 aliphatic heterocycles. The molecule has 0 radical (unpaired) electrons. The van der Waals surface area contributed by atoms with Gasteiger partial charge in [-0.05, 0) is 43.5 Å². The second kappa shape index (κ2) is 8.05. The molecule has 4 nitrogen and oxygen atoms in total. The van der Waals surface area contributed by atoms with Gasteiger partial charge >= 0.3 is 0 Å². The number of carbonyl (C=O) groups excluding carboxylic acids is 1. The first-order valence-corrected chi connectivity index (χ1v) is 7.13. The maximum absolute atomic E-state index is 11.3. The summed E-state index contributed by atoms with van der Waals surface area (Å²) in [5, 5.41) is 1.02. The number of fused-ring (bicyclic) bond motifs is 1. The van der Waals surface area contributed by atoms with Crippen LogP contribution in [0.1, 0.15) is 32.3 Å². The van der Waals surface area contributed by atoms with Crippen LogP contribution in [0.4, 0.5) is 5.69 Å². The molecule has 0 saturated carbocycles. The Morgan fingerprint density at radius 2 is 2.19 bits per heavy atom. The van der Waals surface area contributed by atoms with Crippen LogP contribution in [-0.2, 0) is 11.2 Å². The molecule has 0 spiro atoms. The summed E-state index contributed by atoms with van der Waals surface area (Å²) in [6.07, 6.45) is 5.36. The number of furan rings is 1. The number of amides is 1. The minimum Gasteiger partial charge on any atom is -0.464 e. The molecule has 5 heteroatoms. The van der Waals surface area contributed by atoms with Crippen LogP contribution in [0.3, 0.4) is 0 Å². The third kappa shape index (κ3) is 4.22. The van der Waals surface area contributed by atoms with Gasteiger partial charge in [0.25, 0.3) is 0 Å². The molecule has 0 fully saturated rings. The maximum atomic E-state index is 11.3. The van der Waals surface area contributed by atoms with Crippen LogP contribution in [0.5, 0.6) is 0 Å². The lowest BCUT2D eigenvalue weighted by Crippen LogP contribution is -2.23. The number of nitrogens with zero attached hydrogens (tertiary/aromatic N) is 1. The monoisotopic (exact) mass is 310 g/mol. The Kier molecular flexibility index (Phi) is 6.72. The van der Waals surface area contributed by atoms with E-state index in [-0.39, 0.29) is 18.4 Å². The zero-order chi connectivity index (χ0) is 14.5. The van der Waals surface area contributed by atoms with Crippen LogP contribution >= 0.6 is 12.4 Å². The molecule has 1 unspecified atom stereocenters. The lowest BCUT2D eigenvalue weighted by Gasteiger charge is -2.18. The minimum atomic E-state index is 0. The van der Waals surface area contributed by atoms with E-state index < -0.39 is 0 Å². The summed E-state index contributed by atoms with van der Waals surface area (Å²) in [6.45, 7) is 4.82. The fourth-order valence-corrected chi connectivity index (χ4v) is 2.37. The van der Waals surface area contributed by atoms with Gasteiger partial charge in [-0.15, -0.1) is 12.4 Å². The Bertz CT molecular complexity index is 581. The van der Waals surface area contributed by atoms with Crippen LogP contribution in [0.25, 0.3) is 11.0 Å². The van der Waals surface area contributed by atoms with E-state index in [1.807, 2.05) is 25.1 Å². The average molecular weight is 311 g/mol. The Balaban J connectivity index is 0.00000220. The molecule has 1 atom stereocenters. The molecule has 21 heavy (non-hydrogen) atoms. The largest absolute Gasteiger partial charge is 0.464 e. The normalized spacial score (nSPS) is 12.0. The van der Waals surface area contributed by atoms with Gasteiger partial charge in [0.1, 0.15) is 5.58 Å². The van der Waals surface area contributed by atoms with Crippen molar-refractivity contribution in [2.75, 3.05) is 11.4 Å². The number of carbonyl (C=O) groups is 1. The topological polar surface area (TPSA) is 59.5 Å².